The summed E-state index contributed by atoms with van der Waals surface area (Å²) in [6.45, 7) is 13.2. The number of ether oxygens (including phenoxy) is 1. The molecule has 1 N–H and O–H groups in total. The Balaban J connectivity index is 1.41. The highest BCUT2D eigenvalue weighted by Gasteiger charge is 2.52. The first-order valence-electron chi connectivity index (χ1n) is 12.2. The highest BCUT2D eigenvalue weighted by atomic mass is 16.5. The molecular weight excluding hydrogens is 402 g/mol. The smallest absolute Gasteiger partial charge is 0.303 e. The van der Waals surface area contributed by atoms with Crippen molar-refractivity contribution in [2.75, 3.05) is 37.6 Å². The summed E-state index contributed by atoms with van der Waals surface area (Å²) in [5.74, 6) is 2.07. The molecule has 1 aliphatic heterocycles. The fourth-order valence-electron chi connectivity index (χ4n) is 6.24. The normalized spacial score (nSPS) is 34.4. The van der Waals surface area contributed by atoms with Crippen LogP contribution in [0.4, 0.5) is 5.82 Å². The highest BCUT2D eigenvalue weighted by Crippen LogP contribution is 2.51. The number of hydrogen-bond donors (Lipinski definition) is 1. The third kappa shape index (κ3) is 4.72. The van der Waals surface area contributed by atoms with E-state index < -0.39 is 5.60 Å². The number of esters is 1. The average molecular weight is 442 g/mol. The number of nitrogens with zero attached hydrogens (tertiary/aromatic N) is 3. The maximum absolute atomic E-state index is 11.8. The molecule has 6 nitrogen and oxygen atoms in total. The number of piperazine rings is 1. The molecule has 1 aromatic heterocycles. The van der Waals surface area contributed by atoms with Crippen LogP contribution in [0.1, 0.15) is 47.0 Å². The summed E-state index contributed by atoms with van der Waals surface area (Å²) in [5.41, 5.74) is 0.291. The van der Waals surface area contributed by atoms with E-state index in [0.29, 0.717) is 18.3 Å². The van der Waals surface area contributed by atoms with Gasteiger partial charge in [0.25, 0.3) is 0 Å². The van der Waals surface area contributed by atoms with E-state index >= 15 is 0 Å². The maximum atomic E-state index is 11.8. The standard InChI is InChI=1S/C26H39N3O3/c1-18-15-23-22(9-8-20(3)26(23,31)16-24(18)32-21(4)30)19(2)17-28-11-13-29(14-12-28)25-7-5-6-10-27-25/h5-7,10,15,19-20,22-24,31H,8-9,11-14,16-17H2,1-4H3/t19?,20-,22+,23-,24-,26-/m1/s1. The van der Waals surface area contributed by atoms with Crippen LogP contribution in [0.2, 0.25) is 0 Å². The second-order valence-electron chi connectivity index (χ2n) is 10.3. The van der Waals surface area contributed by atoms with E-state index in [1.807, 2.05) is 25.3 Å². The number of hydrogen-bond acceptors (Lipinski definition) is 6. The second kappa shape index (κ2) is 9.52. The minimum absolute atomic E-state index is 0.128. The number of carbonyl (C=O) groups is 1. The van der Waals surface area contributed by atoms with Crippen molar-refractivity contribution in [3.05, 3.63) is 36.0 Å². The lowest BCUT2D eigenvalue weighted by Crippen LogP contribution is -2.56. The van der Waals surface area contributed by atoms with E-state index in [1.54, 1.807) is 0 Å². The summed E-state index contributed by atoms with van der Waals surface area (Å²) in [5, 5.41) is 11.8. The number of fused-ring (bicyclic) bond motifs is 1. The highest BCUT2D eigenvalue weighted by molar-refractivity contribution is 5.66. The number of carbonyl (C=O) groups excluding carboxylic acids is 1. The molecule has 0 bridgehead atoms. The molecule has 2 aliphatic carbocycles. The molecule has 0 aromatic carbocycles. The molecule has 6 heteroatoms. The molecule has 1 aromatic rings. The SMILES string of the molecule is CC(=O)O[C@@H]1C[C@@]2(O)[C@H](C)CC[C@@H](C(C)CN3CCN(c4ccccn4)CC3)[C@H]2C=C1C. The van der Waals surface area contributed by atoms with Gasteiger partial charge in [0.2, 0.25) is 0 Å². The van der Waals surface area contributed by atoms with Gasteiger partial charge in [-0.3, -0.25) is 9.69 Å². The number of rotatable bonds is 5. The first-order valence-corrected chi connectivity index (χ1v) is 12.2. The molecule has 4 rings (SSSR count). The van der Waals surface area contributed by atoms with Gasteiger partial charge in [0.1, 0.15) is 11.9 Å². The molecule has 3 aliphatic rings. The largest absolute Gasteiger partial charge is 0.458 e. The molecule has 1 unspecified atom stereocenters. The Bertz CT molecular complexity index is 821. The summed E-state index contributed by atoms with van der Waals surface area (Å²) in [7, 11) is 0. The first kappa shape index (κ1) is 23.2. The lowest BCUT2D eigenvalue weighted by molar-refractivity contribution is -0.159. The van der Waals surface area contributed by atoms with Crippen LogP contribution in [0.3, 0.4) is 0 Å². The van der Waals surface area contributed by atoms with Gasteiger partial charge in [0.15, 0.2) is 0 Å². The number of aromatic nitrogens is 1. The fourth-order valence-corrected chi connectivity index (χ4v) is 6.24. The quantitative estimate of drug-likeness (QED) is 0.557. The van der Waals surface area contributed by atoms with Gasteiger partial charge >= 0.3 is 5.97 Å². The third-order valence-electron chi connectivity index (χ3n) is 8.22. The molecule has 176 valence electrons. The molecule has 0 amide bonds. The molecule has 2 heterocycles. The molecule has 0 spiro atoms. The van der Waals surface area contributed by atoms with Crippen LogP contribution in [0.25, 0.3) is 0 Å². The first-order chi connectivity index (χ1) is 15.3. The van der Waals surface area contributed by atoms with E-state index in [2.05, 4.69) is 40.8 Å². The van der Waals surface area contributed by atoms with Crippen LogP contribution < -0.4 is 4.90 Å². The predicted molar refractivity (Wildman–Crippen MR) is 126 cm³/mol. The van der Waals surface area contributed by atoms with Crippen LogP contribution in [-0.4, -0.2) is 65.4 Å². The lowest BCUT2D eigenvalue weighted by Gasteiger charge is -2.53. The van der Waals surface area contributed by atoms with Gasteiger partial charge in [-0.15, -0.1) is 0 Å². The Morgan fingerprint density at radius 1 is 1.28 bits per heavy atom. The Morgan fingerprint density at radius 2 is 2.03 bits per heavy atom. The predicted octanol–water partition coefficient (Wildman–Crippen LogP) is 3.51. The molecular formula is C26H39N3O3. The van der Waals surface area contributed by atoms with Crippen molar-refractivity contribution in [1.82, 2.24) is 9.88 Å². The second-order valence-corrected chi connectivity index (χ2v) is 10.3. The summed E-state index contributed by atoms with van der Waals surface area (Å²) in [4.78, 5) is 21.0. The molecule has 2 fully saturated rings. The Hall–Kier alpha value is -1.92. The van der Waals surface area contributed by atoms with E-state index in [0.717, 1.165) is 57.0 Å². The maximum Gasteiger partial charge on any atom is 0.303 e. The van der Waals surface area contributed by atoms with Gasteiger partial charge in [-0.2, -0.15) is 0 Å². The van der Waals surface area contributed by atoms with Gasteiger partial charge in [-0.05, 0) is 55.2 Å². The Kier molecular flexibility index (Phi) is 6.91. The summed E-state index contributed by atoms with van der Waals surface area (Å²) >= 11 is 0. The Morgan fingerprint density at radius 3 is 2.69 bits per heavy atom. The van der Waals surface area contributed by atoms with Gasteiger partial charge in [-0.25, -0.2) is 4.98 Å². The lowest BCUT2D eigenvalue weighted by atomic mass is 9.57. The van der Waals surface area contributed by atoms with Crippen LogP contribution in [0.5, 0.6) is 0 Å². The Labute approximate surface area is 192 Å². The summed E-state index contributed by atoms with van der Waals surface area (Å²) in [6, 6.07) is 6.10. The van der Waals surface area contributed by atoms with Crippen molar-refractivity contribution < 1.29 is 14.6 Å². The third-order valence-corrected chi connectivity index (χ3v) is 8.22. The van der Waals surface area contributed by atoms with Crippen molar-refractivity contribution >= 4 is 11.8 Å². The van der Waals surface area contributed by atoms with Crippen LogP contribution >= 0.6 is 0 Å². The summed E-state index contributed by atoms with van der Waals surface area (Å²) < 4.78 is 5.54. The van der Waals surface area contributed by atoms with Gasteiger partial charge in [0, 0.05) is 58.2 Å². The molecule has 6 atom stereocenters. The minimum Gasteiger partial charge on any atom is -0.458 e. The number of pyridine rings is 1. The van der Waals surface area contributed by atoms with E-state index in [4.69, 9.17) is 4.74 Å². The van der Waals surface area contributed by atoms with E-state index in [-0.39, 0.29) is 23.9 Å². The van der Waals surface area contributed by atoms with Gasteiger partial charge in [0.05, 0.1) is 5.60 Å². The van der Waals surface area contributed by atoms with Crippen molar-refractivity contribution in [3.8, 4) is 0 Å². The van der Waals surface area contributed by atoms with Crippen LogP contribution in [0.15, 0.2) is 36.0 Å². The summed E-state index contributed by atoms with van der Waals surface area (Å²) in [6.07, 6.45) is 6.48. The zero-order valence-electron chi connectivity index (χ0n) is 20.0. The average Bonchev–Trinajstić information content (AvgIpc) is 2.77. The number of anilines is 1. The molecule has 0 radical (unpaired) electrons. The van der Waals surface area contributed by atoms with E-state index in [1.165, 1.54) is 6.92 Å². The number of aliphatic hydroxyl groups is 1. The van der Waals surface area contributed by atoms with Gasteiger partial charge < -0.3 is 14.7 Å². The molecule has 32 heavy (non-hydrogen) atoms. The minimum atomic E-state index is -0.797. The van der Waals surface area contributed by atoms with Crippen molar-refractivity contribution in [2.24, 2.45) is 23.7 Å². The molecule has 1 saturated carbocycles. The van der Waals surface area contributed by atoms with Crippen LogP contribution in [-0.2, 0) is 9.53 Å². The zero-order valence-corrected chi connectivity index (χ0v) is 20.0. The topological polar surface area (TPSA) is 65.9 Å². The van der Waals surface area contributed by atoms with Crippen molar-refractivity contribution in [3.63, 3.8) is 0 Å². The molecule has 1 saturated heterocycles. The zero-order chi connectivity index (χ0) is 22.9. The monoisotopic (exact) mass is 441 g/mol. The van der Waals surface area contributed by atoms with Crippen LogP contribution in [0, 0.1) is 23.7 Å². The van der Waals surface area contributed by atoms with E-state index in [9.17, 15) is 9.90 Å². The van der Waals surface area contributed by atoms with Crippen molar-refractivity contribution in [2.45, 2.75) is 58.7 Å². The fraction of sp³-hybridized carbons (Fsp3) is 0.692. The van der Waals surface area contributed by atoms with Crippen molar-refractivity contribution in [1.29, 1.82) is 0 Å². The van der Waals surface area contributed by atoms with Gasteiger partial charge in [-0.1, -0.05) is 26.0 Å².